The zero-order valence-electron chi connectivity index (χ0n) is 18.7. The molecule has 1 unspecified atom stereocenters. The number of nitrogens with zero attached hydrogens (tertiary/aromatic N) is 5. The number of rotatable bonds is 6. The summed E-state index contributed by atoms with van der Waals surface area (Å²) in [5, 5.41) is 3.44. The van der Waals surface area contributed by atoms with E-state index in [-0.39, 0.29) is 18.3 Å². The van der Waals surface area contributed by atoms with Crippen molar-refractivity contribution in [2.45, 2.75) is 18.8 Å². The van der Waals surface area contributed by atoms with Gasteiger partial charge in [0.2, 0.25) is 5.95 Å². The van der Waals surface area contributed by atoms with Crippen LogP contribution in [0.2, 0.25) is 0 Å². The Labute approximate surface area is 191 Å². The molecule has 3 aromatic rings. The van der Waals surface area contributed by atoms with Crippen LogP contribution in [-0.2, 0) is 9.47 Å². The Kier molecular flexibility index (Phi) is 6.07. The third kappa shape index (κ3) is 4.34. The van der Waals surface area contributed by atoms with E-state index in [1.54, 1.807) is 20.4 Å². The maximum absolute atomic E-state index is 6.05. The number of hydrogen-bond acceptors (Lipinski definition) is 11. The molecule has 2 aliphatic rings. The summed E-state index contributed by atoms with van der Waals surface area (Å²) in [6.07, 6.45) is 2.16. The fourth-order valence-corrected chi connectivity index (χ4v) is 4.26. The lowest BCUT2D eigenvalue weighted by Gasteiger charge is -2.38. The minimum atomic E-state index is -0.226. The van der Waals surface area contributed by atoms with Gasteiger partial charge in [-0.2, -0.15) is 9.97 Å². The van der Waals surface area contributed by atoms with Crippen molar-refractivity contribution in [2.75, 3.05) is 57.7 Å². The van der Waals surface area contributed by atoms with Gasteiger partial charge >= 0.3 is 0 Å². The number of nitrogens with two attached hydrogens (primary N) is 1. The smallest absolute Gasteiger partial charge is 0.224 e. The van der Waals surface area contributed by atoms with E-state index >= 15 is 0 Å². The highest BCUT2D eigenvalue weighted by Gasteiger charge is 2.31. The van der Waals surface area contributed by atoms with E-state index in [9.17, 15) is 0 Å². The van der Waals surface area contributed by atoms with Gasteiger partial charge in [-0.25, -0.2) is 9.97 Å². The van der Waals surface area contributed by atoms with Crippen LogP contribution in [0.4, 0.5) is 11.8 Å². The quantitative estimate of drug-likeness (QED) is 0.559. The number of methoxy groups -OCH3 is 2. The molecule has 1 aromatic carbocycles. The van der Waals surface area contributed by atoms with Crippen LogP contribution in [0, 0.1) is 0 Å². The van der Waals surface area contributed by atoms with Crippen LogP contribution in [0.3, 0.4) is 0 Å². The molecule has 1 atom stereocenters. The van der Waals surface area contributed by atoms with Crippen LogP contribution in [0.5, 0.6) is 11.5 Å². The average Bonchev–Trinajstić information content (AvgIpc) is 3.36. The van der Waals surface area contributed by atoms with Crippen LogP contribution < -0.4 is 25.4 Å². The lowest BCUT2D eigenvalue weighted by Crippen LogP contribution is -2.53. The van der Waals surface area contributed by atoms with Crippen LogP contribution in [0.15, 0.2) is 24.4 Å². The lowest BCUT2D eigenvalue weighted by molar-refractivity contribution is -0.0514. The van der Waals surface area contributed by atoms with Gasteiger partial charge in [-0.15, -0.1) is 0 Å². The topological polar surface area (TPSA) is 130 Å². The monoisotopic (exact) mass is 453 g/mol. The highest BCUT2D eigenvalue weighted by molar-refractivity contribution is 5.86. The van der Waals surface area contributed by atoms with E-state index in [0.29, 0.717) is 53.8 Å². The standard InChI is InChI=1S/C22H27N7O4/c1-30-16-4-3-13(9-17(16)31-2)15-12-25-20-19(26-15)21(28-22(23)27-20)29-6-5-24-11-14(29)10-18-32-7-8-33-18/h3-4,9,12,14,18,24H,5-8,10-11H2,1-2H3,(H2,23,25,27,28). The first-order valence-electron chi connectivity index (χ1n) is 10.9. The number of aromatic nitrogens is 4. The van der Waals surface area contributed by atoms with Gasteiger partial charge in [0, 0.05) is 37.7 Å². The van der Waals surface area contributed by atoms with Crippen LogP contribution >= 0.6 is 0 Å². The number of ether oxygens (including phenoxy) is 4. The molecule has 33 heavy (non-hydrogen) atoms. The summed E-state index contributed by atoms with van der Waals surface area (Å²) < 4.78 is 22.2. The molecule has 2 saturated heterocycles. The van der Waals surface area contributed by atoms with Gasteiger partial charge in [-0.1, -0.05) is 0 Å². The molecule has 0 aliphatic carbocycles. The summed E-state index contributed by atoms with van der Waals surface area (Å²) in [5.41, 5.74) is 8.61. The van der Waals surface area contributed by atoms with E-state index < -0.39 is 0 Å². The molecular weight excluding hydrogens is 426 g/mol. The largest absolute Gasteiger partial charge is 0.493 e. The van der Waals surface area contributed by atoms with Crippen molar-refractivity contribution in [1.82, 2.24) is 25.3 Å². The van der Waals surface area contributed by atoms with Gasteiger partial charge in [0.25, 0.3) is 0 Å². The Bertz CT molecular complexity index is 1140. The summed E-state index contributed by atoms with van der Waals surface area (Å²) in [7, 11) is 3.21. The van der Waals surface area contributed by atoms with Gasteiger partial charge in [0.05, 0.1) is 39.3 Å². The van der Waals surface area contributed by atoms with E-state index in [2.05, 4.69) is 25.2 Å². The second-order valence-electron chi connectivity index (χ2n) is 7.86. The fraction of sp³-hybridized carbons (Fsp3) is 0.455. The number of nitrogens with one attached hydrogen (secondary N) is 1. The number of fused-ring (bicyclic) bond motifs is 1. The maximum atomic E-state index is 6.05. The van der Waals surface area contributed by atoms with Gasteiger partial charge in [-0.3, -0.25) is 0 Å². The molecule has 2 aromatic heterocycles. The Morgan fingerprint density at radius 2 is 1.94 bits per heavy atom. The van der Waals surface area contributed by atoms with E-state index in [0.717, 1.165) is 25.2 Å². The first kappa shape index (κ1) is 21.6. The van der Waals surface area contributed by atoms with Crippen LogP contribution in [-0.4, -0.2) is 79.3 Å². The van der Waals surface area contributed by atoms with Crippen molar-refractivity contribution < 1.29 is 18.9 Å². The first-order chi connectivity index (χ1) is 16.2. The second-order valence-corrected chi connectivity index (χ2v) is 7.86. The minimum absolute atomic E-state index is 0.103. The molecule has 2 fully saturated rings. The molecule has 0 saturated carbocycles. The molecule has 5 rings (SSSR count). The van der Waals surface area contributed by atoms with Gasteiger partial charge in [0.1, 0.15) is 0 Å². The Balaban J connectivity index is 1.55. The van der Waals surface area contributed by atoms with Crippen molar-refractivity contribution in [3.8, 4) is 22.8 Å². The molecule has 11 heteroatoms. The molecule has 0 bridgehead atoms. The predicted molar refractivity (Wildman–Crippen MR) is 122 cm³/mol. The third-order valence-corrected chi connectivity index (χ3v) is 5.86. The number of anilines is 2. The summed E-state index contributed by atoms with van der Waals surface area (Å²) in [5.74, 6) is 2.09. The van der Waals surface area contributed by atoms with Crippen LogP contribution in [0.1, 0.15) is 6.42 Å². The van der Waals surface area contributed by atoms with Crippen molar-refractivity contribution >= 4 is 22.9 Å². The maximum Gasteiger partial charge on any atom is 0.224 e. The molecule has 0 spiro atoms. The molecule has 3 N–H and O–H groups in total. The fourth-order valence-electron chi connectivity index (χ4n) is 4.26. The first-order valence-corrected chi connectivity index (χ1v) is 10.9. The lowest BCUT2D eigenvalue weighted by atomic mass is 10.1. The molecular formula is C22H27N7O4. The Morgan fingerprint density at radius 3 is 2.73 bits per heavy atom. The zero-order chi connectivity index (χ0) is 22.8. The van der Waals surface area contributed by atoms with Crippen molar-refractivity contribution in [2.24, 2.45) is 0 Å². The van der Waals surface area contributed by atoms with Crippen molar-refractivity contribution in [1.29, 1.82) is 0 Å². The van der Waals surface area contributed by atoms with E-state index in [4.69, 9.17) is 29.7 Å². The predicted octanol–water partition coefficient (Wildman–Crippen LogP) is 1.23. The van der Waals surface area contributed by atoms with Gasteiger partial charge in [0.15, 0.2) is 34.8 Å². The number of piperazine rings is 1. The Hall–Kier alpha value is -3.28. The molecule has 4 heterocycles. The van der Waals surface area contributed by atoms with Gasteiger partial charge < -0.3 is 34.9 Å². The summed E-state index contributed by atoms with van der Waals surface area (Å²) >= 11 is 0. The number of nitrogen functional groups attached to an aromatic ring is 1. The summed E-state index contributed by atoms with van der Waals surface area (Å²) in [6.45, 7) is 3.57. The molecule has 0 amide bonds. The average molecular weight is 454 g/mol. The highest BCUT2D eigenvalue weighted by Crippen LogP contribution is 2.33. The SMILES string of the molecule is COc1ccc(-c2cnc3nc(N)nc(N4CCNCC4CC4OCCO4)c3n2)cc1OC. The van der Waals surface area contributed by atoms with Gasteiger partial charge in [-0.05, 0) is 18.2 Å². The normalized spacial score (nSPS) is 19.2. The summed E-state index contributed by atoms with van der Waals surface area (Å²) in [4.78, 5) is 20.5. The third-order valence-electron chi connectivity index (χ3n) is 5.86. The minimum Gasteiger partial charge on any atom is -0.493 e. The molecule has 11 nitrogen and oxygen atoms in total. The second kappa shape index (κ2) is 9.30. The van der Waals surface area contributed by atoms with E-state index in [1.807, 2.05) is 18.2 Å². The molecule has 174 valence electrons. The molecule has 0 radical (unpaired) electrons. The molecule has 2 aliphatic heterocycles. The Morgan fingerprint density at radius 1 is 1.12 bits per heavy atom. The zero-order valence-corrected chi connectivity index (χ0v) is 18.7. The number of hydrogen-bond donors (Lipinski definition) is 2. The number of benzene rings is 1. The highest BCUT2D eigenvalue weighted by atomic mass is 16.7. The van der Waals surface area contributed by atoms with Crippen molar-refractivity contribution in [3.05, 3.63) is 24.4 Å². The summed E-state index contributed by atoms with van der Waals surface area (Å²) in [6, 6.07) is 5.73. The van der Waals surface area contributed by atoms with E-state index in [1.165, 1.54) is 0 Å². The van der Waals surface area contributed by atoms with Crippen LogP contribution in [0.25, 0.3) is 22.4 Å². The van der Waals surface area contributed by atoms with Crippen molar-refractivity contribution in [3.63, 3.8) is 0 Å².